The van der Waals surface area contributed by atoms with Crippen LogP contribution in [-0.4, -0.2) is 24.5 Å². The Bertz CT molecular complexity index is 424. The summed E-state index contributed by atoms with van der Waals surface area (Å²) >= 11 is 3.36. The molecule has 0 aromatic heterocycles. The molecule has 0 aliphatic carbocycles. The van der Waals surface area contributed by atoms with Crippen molar-refractivity contribution in [2.24, 2.45) is 0 Å². The van der Waals surface area contributed by atoms with Crippen molar-refractivity contribution >= 4 is 27.5 Å². The maximum atomic E-state index is 11.9. The standard InChI is InChI=1S/C15H22BrNO3/c1-3-19-12-8-9-14(20-4-2)13(11-12)17-15(18)7-5-6-10-16/h8-9,11H,3-7,10H2,1-2H3,(H,17,18). The zero-order chi connectivity index (χ0) is 14.8. The summed E-state index contributed by atoms with van der Waals surface area (Å²) in [6.45, 7) is 4.99. The Hall–Kier alpha value is -1.23. The molecule has 1 aromatic carbocycles. The van der Waals surface area contributed by atoms with E-state index >= 15 is 0 Å². The SMILES string of the molecule is CCOc1ccc(OCC)c(NC(=O)CCCCBr)c1. The van der Waals surface area contributed by atoms with Crippen LogP contribution in [0.5, 0.6) is 11.5 Å². The molecule has 1 rings (SSSR count). The first-order valence-corrected chi connectivity index (χ1v) is 8.08. The fraction of sp³-hybridized carbons (Fsp3) is 0.533. The molecule has 1 N–H and O–H groups in total. The molecule has 0 fully saturated rings. The Labute approximate surface area is 129 Å². The summed E-state index contributed by atoms with van der Waals surface area (Å²) in [5, 5.41) is 3.81. The minimum atomic E-state index is 0.000511. The second-order valence-electron chi connectivity index (χ2n) is 4.22. The summed E-state index contributed by atoms with van der Waals surface area (Å²) in [7, 11) is 0. The first kappa shape index (κ1) is 16.8. The predicted molar refractivity (Wildman–Crippen MR) is 85.1 cm³/mol. The van der Waals surface area contributed by atoms with Crippen molar-refractivity contribution < 1.29 is 14.3 Å². The van der Waals surface area contributed by atoms with E-state index in [9.17, 15) is 4.79 Å². The van der Waals surface area contributed by atoms with Gasteiger partial charge in [-0.15, -0.1) is 0 Å². The molecule has 5 heteroatoms. The van der Waals surface area contributed by atoms with Crippen LogP contribution in [-0.2, 0) is 4.79 Å². The zero-order valence-electron chi connectivity index (χ0n) is 12.1. The van der Waals surface area contributed by atoms with Gasteiger partial charge in [0.2, 0.25) is 5.91 Å². The van der Waals surface area contributed by atoms with E-state index in [0.717, 1.165) is 23.9 Å². The average Bonchev–Trinajstić information content (AvgIpc) is 2.42. The van der Waals surface area contributed by atoms with Gasteiger partial charge in [-0.3, -0.25) is 4.79 Å². The number of amides is 1. The number of ether oxygens (including phenoxy) is 2. The highest BCUT2D eigenvalue weighted by atomic mass is 79.9. The number of hydrogen-bond donors (Lipinski definition) is 1. The van der Waals surface area contributed by atoms with Crippen LogP contribution in [0.25, 0.3) is 0 Å². The zero-order valence-corrected chi connectivity index (χ0v) is 13.7. The third-order valence-corrected chi connectivity index (χ3v) is 3.18. The van der Waals surface area contributed by atoms with E-state index < -0.39 is 0 Å². The number of carbonyl (C=O) groups excluding carboxylic acids is 1. The molecule has 0 aliphatic heterocycles. The van der Waals surface area contributed by atoms with E-state index in [1.54, 1.807) is 6.07 Å². The first-order chi connectivity index (χ1) is 9.71. The number of benzene rings is 1. The number of alkyl halides is 1. The molecule has 0 saturated heterocycles. The molecule has 0 aliphatic rings. The van der Waals surface area contributed by atoms with Gasteiger partial charge in [0.15, 0.2) is 0 Å². The maximum Gasteiger partial charge on any atom is 0.224 e. The van der Waals surface area contributed by atoms with Crippen LogP contribution < -0.4 is 14.8 Å². The Kier molecular flexibility index (Phi) is 8.11. The van der Waals surface area contributed by atoms with E-state index in [-0.39, 0.29) is 5.91 Å². The molecule has 4 nitrogen and oxygen atoms in total. The Morgan fingerprint density at radius 1 is 1.20 bits per heavy atom. The second-order valence-corrected chi connectivity index (χ2v) is 5.01. The molecule has 1 aromatic rings. The highest BCUT2D eigenvalue weighted by Gasteiger charge is 2.09. The van der Waals surface area contributed by atoms with Crippen LogP contribution in [0.3, 0.4) is 0 Å². The second kappa shape index (κ2) is 9.64. The Morgan fingerprint density at radius 3 is 2.60 bits per heavy atom. The molecular weight excluding hydrogens is 322 g/mol. The monoisotopic (exact) mass is 343 g/mol. The minimum Gasteiger partial charge on any atom is -0.494 e. The summed E-state index contributed by atoms with van der Waals surface area (Å²) < 4.78 is 11.0. The van der Waals surface area contributed by atoms with Gasteiger partial charge in [0.05, 0.1) is 18.9 Å². The highest BCUT2D eigenvalue weighted by molar-refractivity contribution is 9.09. The molecule has 0 unspecified atom stereocenters. The number of anilines is 1. The number of halogens is 1. The van der Waals surface area contributed by atoms with Gasteiger partial charge in [-0.2, -0.15) is 0 Å². The van der Waals surface area contributed by atoms with Gasteiger partial charge < -0.3 is 14.8 Å². The largest absolute Gasteiger partial charge is 0.494 e. The first-order valence-electron chi connectivity index (χ1n) is 6.96. The Balaban J connectivity index is 2.72. The van der Waals surface area contributed by atoms with Crippen LogP contribution in [0.15, 0.2) is 18.2 Å². The van der Waals surface area contributed by atoms with Crippen LogP contribution in [0.1, 0.15) is 33.1 Å². The lowest BCUT2D eigenvalue weighted by Crippen LogP contribution is -2.12. The number of rotatable bonds is 9. The van der Waals surface area contributed by atoms with Crippen LogP contribution in [0.2, 0.25) is 0 Å². The van der Waals surface area contributed by atoms with E-state index in [1.165, 1.54) is 0 Å². The highest BCUT2D eigenvalue weighted by Crippen LogP contribution is 2.29. The summed E-state index contributed by atoms with van der Waals surface area (Å²) in [5.41, 5.74) is 0.668. The van der Waals surface area contributed by atoms with Crippen molar-refractivity contribution in [3.63, 3.8) is 0 Å². The number of nitrogens with one attached hydrogen (secondary N) is 1. The van der Waals surface area contributed by atoms with Crippen molar-refractivity contribution in [3.05, 3.63) is 18.2 Å². The molecule has 0 spiro atoms. The van der Waals surface area contributed by atoms with Gasteiger partial charge in [-0.1, -0.05) is 15.9 Å². The normalized spacial score (nSPS) is 10.2. The van der Waals surface area contributed by atoms with E-state index in [4.69, 9.17) is 9.47 Å². The lowest BCUT2D eigenvalue weighted by atomic mass is 10.2. The number of carbonyl (C=O) groups is 1. The molecule has 0 atom stereocenters. The van der Waals surface area contributed by atoms with Crippen LogP contribution >= 0.6 is 15.9 Å². The van der Waals surface area contributed by atoms with Gasteiger partial charge >= 0.3 is 0 Å². The van der Waals surface area contributed by atoms with Gasteiger partial charge in [0, 0.05) is 17.8 Å². The van der Waals surface area contributed by atoms with Crippen LogP contribution in [0.4, 0.5) is 5.69 Å². The average molecular weight is 344 g/mol. The quantitative estimate of drug-likeness (QED) is 0.544. The summed E-state index contributed by atoms with van der Waals surface area (Å²) in [6, 6.07) is 5.47. The molecule has 112 valence electrons. The van der Waals surface area contributed by atoms with Crippen molar-refractivity contribution in [2.45, 2.75) is 33.1 Å². The topological polar surface area (TPSA) is 47.6 Å². The third kappa shape index (κ3) is 5.82. The smallest absolute Gasteiger partial charge is 0.224 e. The molecule has 0 bridgehead atoms. The van der Waals surface area contributed by atoms with Gasteiger partial charge in [-0.05, 0) is 38.8 Å². The van der Waals surface area contributed by atoms with Crippen molar-refractivity contribution in [1.29, 1.82) is 0 Å². The van der Waals surface area contributed by atoms with E-state index in [0.29, 0.717) is 31.1 Å². The fourth-order valence-electron chi connectivity index (χ4n) is 1.74. The van der Waals surface area contributed by atoms with Crippen LogP contribution in [0, 0.1) is 0 Å². The lowest BCUT2D eigenvalue weighted by Gasteiger charge is -2.13. The predicted octanol–water partition coefficient (Wildman–Crippen LogP) is 3.99. The van der Waals surface area contributed by atoms with Crippen molar-refractivity contribution in [3.8, 4) is 11.5 Å². The van der Waals surface area contributed by atoms with Gasteiger partial charge in [0.1, 0.15) is 11.5 Å². The van der Waals surface area contributed by atoms with Gasteiger partial charge in [-0.25, -0.2) is 0 Å². The Morgan fingerprint density at radius 2 is 1.95 bits per heavy atom. The number of unbranched alkanes of at least 4 members (excludes halogenated alkanes) is 1. The molecule has 0 radical (unpaired) electrons. The summed E-state index contributed by atoms with van der Waals surface area (Å²) in [4.78, 5) is 11.9. The molecular formula is C15H22BrNO3. The molecule has 0 saturated carbocycles. The molecule has 0 heterocycles. The summed E-state index contributed by atoms with van der Waals surface area (Å²) in [5.74, 6) is 1.40. The van der Waals surface area contributed by atoms with E-state index in [1.807, 2.05) is 26.0 Å². The van der Waals surface area contributed by atoms with E-state index in [2.05, 4.69) is 21.2 Å². The fourth-order valence-corrected chi connectivity index (χ4v) is 2.13. The maximum absolute atomic E-state index is 11.9. The number of hydrogen-bond acceptors (Lipinski definition) is 3. The van der Waals surface area contributed by atoms with Gasteiger partial charge in [0.25, 0.3) is 0 Å². The summed E-state index contributed by atoms with van der Waals surface area (Å²) in [6.07, 6.45) is 2.37. The lowest BCUT2D eigenvalue weighted by molar-refractivity contribution is -0.116. The molecule has 1 amide bonds. The van der Waals surface area contributed by atoms with Crippen molar-refractivity contribution in [2.75, 3.05) is 23.9 Å². The minimum absolute atomic E-state index is 0.000511. The molecule has 20 heavy (non-hydrogen) atoms. The third-order valence-electron chi connectivity index (χ3n) is 2.62. The van der Waals surface area contributed by atoms with Crippen molar-refractivity contribution in [1.82, 2.24) is 0 Å².